The first-order chi connectivity index (χ1) is 14.8. The molecule has 2 N–H and O–H groups in total. The molecule has 0 bridgehead atoms. The Morgan fingerprint density at radius 3 is 2.42 bits per heavy atom. The maximum atomic E-state index is 13.3. The lowest BCUT2D eigenvalue weighted by Gasteiger charge is -2.11. The molecular weight excluding hydrogens is 419 g/mol. The SMILES string of the molecule is Cc1ccc(F)cc1NC(=O)COc1ccc(S(=O)(=O)NCCc2ccccc2)cc1. The standard InChI is InChI=1S/C23H23FN2O4S/c1-17-7-8-19(24)15-22(17)26-23(27)16-30-20-9-11-21(12-10-20)31(28,29)25-14-13-18-5-3-2-4-6-18/h2-12,15,25H,13-14,16H2,1H3,(H,26,27). The van der Waals surface area contributed by atoms with Crippen LogP contribution < -0.4 is 14.8 Å². The summed E-state index contributed by atoms with van der Waals surface area (Å²) in [7, 11) is -3.65. The van der Waals surface area contributed by atoms with Gasteiger partial charge in [-0.3, -0.25) is 4.79 Å². The second-order valence-corrected chi connectivity index (χ2v) is 8.67. The maximum absolute atomic E-state index is 13.3. The minimum atomic E-state index is -3.65. The number of benzene rings is 3. The molecule has 3 aromatic carbocycles. The fraction of sp³-hybridized carbons (Fsp3) is 0.174. The van der Waals surface area contributed by atoms with Crippen molar-refractivity contribution < 1.29 is 22.3 Å². The molecule has 162 valence electrons. The van der Waals surface area contributed by atoms with Crippen LogP contribution in [-0.2, 0) is 21.2 Å². The number of rotatable bonds is 9. The van der Waals surface area contributed by atoms with Crippen LogP contribution in [0.5, 0.6) is 5.75 Å². The average Bonchev–Trinajstić information content (AvgIpc) is 2.76. The van der Waals surface area contributed by atoms with Crippen molar-refractivity contribution in [1.29, 1.82) is 0 Å². The largest absolute Gasteiger partial charge is 0.484 e. The van der Waals surface area contributed by atoms with Crippen LogP contribution in [-0.4, -0.2) is 27.5 Å². The topological polar surface area (TPSA) is 84.5 Å². The molecule has 0 radical (unpaired) electrons. The molecule has 0 aliphatic carbocycles. The predicted octanol–water partition coefficient (Wildman–Crippen LogP) is 3.67. The lowest BCUT2D eigenvalue weighted by atomic mass is 10.2. The first kappa shape index (κ1) is 22.5. The van der Waals surface area contributed by atoms with Gasteiger partial charge in [0, 0.05) is 12.2 Å². The lowest BCUT2D eigenvalue weighted by molar-refractivity contribution is -0.118. The minimum absolute atomic E-state index is 0.104. The summed E-state index contributed by atoms with van der Waals surface area (Å²) in [5.74, 6) is -0.557. The van der Waals surface area contributed by atoms with Gasteiger partial charge < -0.3 is 10.1 Å². The van der Waals surface area contributed by atoms with Gasteiger partial charge in [-0.15, -0.1) is 0 Å². The highest BCUT2D eigenvalue weighted by atomic mass is 32.2. The summed E-state index contributed by atoms with van der Waals surface area (Å²) in [5.41, 5.74) is 2.14. The van der Waals surface area contributed by atoms with Crippen molar-refractivity contribution in [1.82, 2.24) is 4.72 Å². The van der Waals surface area contributed by atoms with Crippen LogP contribution in [0.25, 0.3) is 0 Å². The molecule has 31 heavy (non-hydrogen) atoms. The van der Waals surface area contributed by atoms with Crippen LogP contribution in [0.4, 0.5) is 10.1 Å². The maximum Gasteiger partial charge on any atom is 0.262 e. The molecule has 0 heterocycles. The Morgan fingerprint density at radius 2 is 1.71 bits per heavy atom. The highest BCUT2D eigenvalue weighted by Gasteiger charge is 2.14. The van der Waals surface area contributed by atoms with E-state index in [0.29, 0.717) is 17.9 Å². The zero-order chi connectivity index (χ0) is 22.3. The van der Waals surface area contributed by atoms with E-state index < -0.39 is 21.7 Å². The number of amides is 1. The number of halogens is 1. The number of ether oxygens (including phenoxy) is 1. The van der Waals surface area contributed by atoms with E-state index in [-0.39, 0.29) is 18.0 Å². The molecule has 0 atom stereocenters. The molecule has 0 unspecified atom stereocenters. The number of carbonyl (C=O) groups is 1. The van der Waals surface area contributed by atoms with Gasteiger partial charge in [0.15, 0.2) is 6.61 Å². The summed E-state index contributed by atoms with van der Waals surface area (Å²) < 4.78 is 46.1. The third-order valence-corrected chi connectivity index (χ3v) is 6.00. The van der Waals surface area contributed by atoms with E-state index in [0.717, 1.165) is 11.1 Å². The number of hydrogen-bond acceptors (Lipinski definition) is 4. The van der Waals surface area contributed by atoms with Crippen LogP contribution in [0, 0.1) is 12.7 Å². The van der Waals surface area contributed by atoms with Crippen molar-refractivity contribution in [3.8, 4) is 5.75 Å². The van der Waals surface area contributed by atoms with Crippen molar-refractivity contribution in [2.24, 2.45) is 0 Å². The van der Waals surface area contributed by atoms with Crippen molar-refractivity contribution in [3.05, 3.63) is 89.7 Å². The molecule has 0 saturated heterocycles. The third-order valence-electron chi connectivity index (χ3n) is 4.53. The highest BCUT2D eigenvalue weighted by molar-refractivity contribution is 7.89. The lowest BCUT2D eigenvalue weighted by Crippen LogP contribution is -2.26. The van der Waals surface area contributed by atoms with Crippen LogP contribution in [0.2, 0.25) is 0 Å². The molecule has 1 amide bonds. The van der Waals surface area contributed by atoms with Crippen molar-refractivity contribution in [2.75, 3.05) is 18.5 Å². The Bertz CT molecular complexity index is 1130. The molecule has 0 saturated carbocycles. The Kier molecular flexibility index (Phi) is 7.38. The summed E-state index contributed by atoms with van der Waals surface area (Å²) in [6, 6.07) is 19.5. The Labute approximate surface area is 181 Å². The van der Waals surface area contributed by atoms with Crippen LogP contribution in [0.15, 0.2) is 77.7 Å². The van der Waals surface area contributed by atoms with Crippen molar-refractivity contribution in [3.63, 3.8) is 0 Å². The van der Waals surface area contributed by atoms with Crippen molar-refractivity contribution in [2.45, 2.75) is 18.2 Å². The summed E-state index contributed by atoms with van der Waals surface area (Å²) >= 11 is 0. The quantitative estimate of drug-likeness (QED) is 0.530. The number of carbonyl (C=O) groups excluding carboxylic acids is 1. The van der Waals surface area contributed by atoms with Gasteiger partial charge in [0.1, 0.15) is 11.6 Å². The molecule has 3 rings (SSSR count). The van der Waals surface area contributed by atoms with Gasteiger partial charge in [0.25, 0.3) is 5.91 Å². The first-order valence-corrected chi connectivity index (χ1v) is 11.1. The smallest absolute Gasteiger partial charge is 0.262 e. The first-order valence-electron chi connectivity index (χ1n) is 9.66. The van der Waals surface area contributed by atoms with E-state index in [2.05, 4.69) is 10.0 Å². The summed E-state index contributed by atoms with van der Waals surface area (Å²) in [6.45, 7) is 1.74. The van der Waals surface area contributed by atoms with Crippen LogP contribution >= 0.6 is 0 Å². The molecule has 0 fully saturated rings. The number of anilines is 1. The zero-order valence-electron chi connectivity index (χ0n) is 17.0. The van der Waals surface area contributed by atoms with E-state index in [1.165, 1.54) is 36.4 Å². The van der Waals surface area contributed by atoms with Crippen LogP contribution in [0.1, 0.15) is 11.1 Å². The van der Waals surface area contributed by atoms with Gasteiger partial charge >= 0.3 is 0 Å². The number of hydrogen-bond donors (Lipinski definition) is 2. The monoisotopic (exact) mass is 442 g/mol. The minimum Gasteiger partial charge on any atom is -0.484 e. The van der Waals surface area contributed by atoms with E-state index in [4.69, 9.17) is 4.74 Å². The van der Waals surface area contributed by atoms with Gasteiger partial charge in [-0.05, 0) is 60.9 Å². The van der Waals surface area contributed by atoms with Gasteiger partial charge in [0.2, 0.25) is 10.0 Å². The van der Waals surface area contributed by atoms with Crippen molar-refractivity contribution >= 4 is 21.6 Å². The average molecular weight is 443 g/mol. The second-order valence-electron chi connectivity index (χ2n) is 6.90. The molecule has 8 heteroatoms. The molecule has 3 aromatic rings. The predicted molar refractivity (Wildman–Crippen MR) is 117 cm³/mol. The molecule has 0 spiro atoms. The van der Waals surface area contributed by atoms with Crippen LogP contribution in [0.3, 0.4) is 0 Å². The van der Waals surface area contributed by atoms with Gasteiger partial charge in [-0.1, -0.05) is 36.4 Å². The molecule has 0 aliphatic rings. The normalized spacial score (nSPS) is 11.2. The molecule has 0 aromatic heterocycles. The summed E-state index contributed by atoms with van der Waals surface area (Å²) in [4.78, 5) is 12.2. The van der Waals surface area contributed by atoms with E-state index >= 15 is 0 Å². The summed E-state index contributed by atoms with van der Waals surface area (Å²) in [6.07, 6.45) is 0.584. The number of sulfonamides is 1. The molecule has 0 aliphatic heterocycles. The third kappa shape index (κ3) is 6.63. The van der Waals surface area contributed by atoms with Gasteiger partial charge in [0.05, 0.1) is 4.90 Å². The van der Waals surface area contributed by atoms with Gasteiger partial charge in [-0.25, -0.2) is 17.5 Å². The summed E-state index contributed by atoms with van der Waals surface area (Å²) in [5, 5.41) is 2.58. The fourth-order valence-electron chi connectivity index (χ4n) is 2.84. The number of nitrogens with one attached hydrogen (secondary N) is 2. The fourth-order valence-corrected chi connectivity index (χ4v) is 3.87. The van der Waals surface area contributed by atoms with E-state index in [1.807, 2.05) is 30.3 Å². The van der Waals surface area contributed by atoms with E-state index in [9.17, 15) is 17.6 Å². The Hall–Kier alpha value is -3.23. The molecular formula is C23H23FN2O4S. The van der Waals surface area contributed by atoms with E-state index in [1.54, 1.807) is 13.0 Å². The Morgan fingerprint density at radius 1 is 1.00 bits per heavy atom. The second kappa shape index (κ2) is 10.2. The number of aryl methyl sites for hydroxylation is 1. The Balaban J connectivity index is 1.50. The molecule has 6 nitrogen and oxygen atoms in total. The zero-order valence-corrected chi connectivity index (χ0v) is 17.8. The van der Waals surface area contributed by atoms with Gasteiger partial charge in [-0.2, -0.15) is 0 Å². The highest BCUT2D eigenvalue weighted by Crippen LogP contribution is 2.18.